The molecular weight excluding hydrogens is 151 g/mol. The van der Waals surface area contributed by atoms with Gasteiger partial charge in [0.1, 0.15) is 0 Å². The van der Waals surface area contributed by atoms with Crippen LogP contribution < -0.4 is 11.7 Å². The predicted molar refractivity (Wildman–Crippen MR) is 33.5 cm³/mol. The zero-order valence-electron chi connectivity index (χ0n) is 4.22. The minimum absolute atomic E-state index is 0.432. The highest BCUT2D eigenvalue weighted by atomic mass is 35.5. The van der Waals surface area contributed by atoms with Crippen molar-refractivity contribution in [3.8, 4) is 0 Å². The molecule has 0 rings (SSSR count). The average Bonchev–Trinajstić information content (AvgIpc) is 1.61. The third-order valence-electron chi connectivity index (χ3n) is 0.527. The summed E-state index contributed by atoms with van der Waals surface area (Å²) < 4.78 is 1.98. The van der Waals surface area contributed by atoms with Crippen molar-refractivity contribution in [3.63, 3.8) is 0 Å². The Bertz CT molecular complexity index is 48.0. The highest BCUT2D eigenvalue weighted by molar-refractivity contribution is 6.13. The van der Waals surface area contributed by atoms with Crippen LogP contribution in [0.5, 0.6) is 0 Å². The maximum absolute atomic E-state index is 5.19. The number of halogens is 2. The number of hydrogen-bond donors (Lipinski definition) is 2. The van der Waals surface area contributed by atoms with Crippen molar-refractivity contribution >= 4 is 23.6 Å². The molecular formula is C2H8Cl2N4. The Balaban J connectivity index is 2.93. The van der Waals surface area contributed by atoms with Gasteiger partial charge in [0, 0.05) is 13.1 Å². The summed E-state index contributed by atoms with van der Waals surface area (Å²) in [5.74, 6) is 10.00. The van der Waals surface area contributed by atoms with E-state index in [4.69, 9.17) is 35.2 Å². The molecule has 0 aromatic carbocycles. The number of hydrogen-bond acceptors (Lipinski definition) is 4. The minimum Gasteiger partial charge on any atom is -0.254 e. The molecule has 8 heavy (non-hydrogen) atoms. The largest absolute Gasteiger partial charge is 0.254 e. The van der Waals surface area contributed by atoms with Crippen molar-refractivity contribution in [1.82, 2.24) is 9.06 Å². The van der Waals surface area contributed by atoms with Crippen LogP contribution in [0, 0.1) is 0 Å². The third kappa shape index (κ3) is 6.42. The summed E-state index contributed by atoms with van der Waals surface area (Å²) in [6.07, 6.45) is 0. The van der Waals surface area contributed by atoms with Gasteiger partial charge in [0.25, 0.3) is 0 Å². The van der Waals surface area contributed by atoms with Gasteiger partial charge in [0.2, 0.25) is 0 Å². The molecule has 0 spiro atoms. The van der Waals surface area contributed by atoms with Gasteiger partial charge in [0.15, 0.2) is 0 Å². The molecule has 0 radical (unpaired) electrons. The third-order valence-corrected chi connectivity index (χ3v) is 0.865. The maximum atomic E-state index is 5.19. The van der Waals surface area contributed by atoms with Crippen molar-refractivity contribution in [1.29, 1.82) is 0 Å². The fourth-order valence-corrected chi connectivity index (χ4v) is 0.342. The van der Waals surface area contributed by atoms with Gasteiger partial charge in [-0.2, -0.15) is 9.06 Å². The molecule has 0 bridgehead atoms. The Morgan fingerprint density at radius 2 is 1.25 bits per heavy atom. The Labute approximate surface area is 58.1 Å². The summed E-state index contributed by atoms with van der Waals surface area (Å²) in [6.45, 7) is 0.864. The molecule has 6 heteroatoms. The smallest absolute Gasteiger partial charge is 0.0449 e. The molecule has 4 nitrogen and oxygen atoms in total. The van der Waals surface area contributed by atoms with E-state index in [-0.39, 0.29) is 0 Å². The quantitative estimate of drug-likeness (QED) is 0.335. The zero-order valence-corrected chi connectivity index (χ0v) is 5.73. The van der Waals surface area contributed by atoms with Crippen LogP contribution in [0.1, 0.15) is 0 Å². The van der Waals surface area contributed by atoms with E-state index in [1.165, 1.54) is 0 Å². The summed E-state index contributed by atoms with van der Waals surface area (Å²) in [5.41, 5.74) is 0. The van der Waals surface area contributed by atoms with Crippen molar-refractivity contribution in [2.24, 2.45) is 11.7 Å². The van der Waals surface area contributed by atoms with Gasteiger partial charge >= 0.3 is 0 Å². The van der Waals surface area contributed by atoms with Crippen LogP contribution in [0.15, 0.2) is 0 Å². The predicted octanol–water partition coefficient (Wildman–Crippen LogP) is -0.355. The second kappa shape index (κ2) is 4.31. The van der Waals surface area contributed by atoms with Gasteiger partial charge in [-0.1, -0.05) is 0 Å². The second-order valence-electron chi connectivity index (χ2n) is 1.25. The molecule has 0 saturated carbocycles. The molecule has 0 unspecified atom stereocenters. The van der Waals surface area contributed by atoms with Crippen molar-refractivity contribution < 1.29 is 0 Å². The van der Waals surface area contributed by atoms with E-state index in [1.807, 2.05) is 0 Å². The first-order valence-corrected chi connectivity index (χ1v) is 2.66. The number of nitrogens with two attached hydrogens (primary N) is 2. The van der Waals surface area contributed by atoms with E-state index < -0.39 is 0 Å². The number of hydrazine groups is 2. The fourth-order valence-electron chi connectivity index (χ4n) is 0.191. The van der Waals surface area contributed by atoms with Gasteiger partial charge in [-0.3, -0.25) is 11.7 Å². The first-order chi connectivity index (χ1) is 3.63. The molecule has 4 N–H and O–H groups in total. The Hall–Kier alpha value is 0.420. The van der Waals surface area contributed by atoms with Gasteiger partial charge in [-0.25, -0.2) is 0 Å². The lowest BCUT2D eigenvalue weighted by Gasteiger charge is -2.08. The van der Waals surface area contributed by atoms with Crippen LogP contribution in [0.4, 0.5) is 0 Å². The molecule has 0 aliphatic carbocycles. The van der Waals surface area contributed by atoms with Crippen LogP contribution in [-0.4, -0.2) is 22.1 Å². The van der Waals surface area contributed by atoms with E-state index in [0.717, 1.165) is 9.06 Å². The molecule has 0 aliphatic rings. The lowest BCUT2D eigenvalue weighted by Crippen LogP contribution is -2.32. The first kappa shape index (κ1) is 8.42. The van der Waals surface area contributed by atoms with Crippen LogP contribution >= 0.6 is 23.6 Å². The molecule has 0 amide bonds. The van der Waals surface area contributed by atoms with Gasteiger partial charge in [0.05, 0.1) is 0 Å². The summed E-state index contributed by atoms with van der Waals surface area (Å²) in [4.78, 5) is 0. The van der Waals surface area contributed by atoms with E-state index >= 15 is 0 Å². The molecule has 0 aliphatic heterocycles. The fraction of sp³-hybridized carbons (Fsp3) is 1.00. The lowest BCUT2D eigenvalue weighted by molar-refractivity contribution is 0.390. The molecule has 0 fully saturated rings. The maximum Gasteiger partial charge on any atom is 0.0449 e. The number of nitrogens with zero attached hydrogens (tertiary/aromatic N) is 2. The summed E-state index contributed by atoms with van der Waals surface area (Å²) in [7, 11) is 0. The summed E-state index contributed by atoms with van der Waals surface area (Å²) in [5, 5.41) is 0. The van der Waals surface area contributed by atoms with E-state index in [2.05, 4.69) is 0 Å². The lowest BCUT2D eigenvalue weighted by atomic mass is 10.7. The first-order valence-electron chi connectivity index (χ1n) is 1.99. The Kier molecular flexibility index (Phi) is 4.54. The summed E-state index contributed by atoms with van der Waals surface area (Å²) in [6, 6.07) is 0. The second-order valence-corrected chi connectivity index (χ2v) is 2.12. The molecule has 0 heterocycles. The zero-order chi connectivity index (χ0) is 6.57. The van der Waals surface area contributed by atoms with Gasteiger partial charge in [-0.05, 0) is 23.6 Å². The average molecular weight is 159 g/mol. The van der Waals surface area contributed by atoms with E-state index in [1.54, 1.807) is 0 Å². The Morgan fingerprint density at radius 3 is 1.38 bits per heavy atom. The van der Waals surface area contributed by atoms with E-state index in [9.17, 15) is 0 Å². The van der Waals surface area contributed by atoms with Crippen LogP contribution in [-0.2, 0) is 0 Å². The highest BCUT2D eigenvalue weighted by Crippen LogP contribution is 1.85. The van der Waals surface area contributed by atoms with Crippen LogP contribution in [0.25, 0.3) is 0 Å². The SMILES string of the molecule is NN(Cl)CCN(N)Cl. The minimum atomic E-state index is 0.432. The highest BCUT2D eigenvalue weighted by Gasteiger charge is 1.94. The Morgan fingerprint density at radius 1 is 1.00 bits per heavy atom. The molecule has 50 valence electrons. The molecule has 0 aromatic heterocycles. The standard InChI is InChI=1S/C2H8Cl2N4/c3-7(5)1-2-8(4)6/h1-2,5-6H2. The van der Waals surface area contributed by atoms with Gasteiger partial charge in [-0.15, -0.1) is 0 Å². The normalized spacial score (nSPS) is 11.2. The topological polar surface area (TPSA) is 58.5 Å². The van der Waals surface area contributed by atoms with E-state index in [0.29, 0.717) is 13.1 Å². The summed E-state index contributed by atoms with van der Waals surface area (Å²) >= 11 is 10.4. The van der Waals surface area contributed by atoms with Crippen molar-refractivity contribution in [2.45, 2.75) is 0 Å². The molecule has 0 atom stereocenters. The monoisotopic (exact) mass is 158 g/mol. The van der Waals surface area contributed by atoms with Crippen molar-refractivity contribution in [3.05, 3.63) is 0 Å². The van der Waals surface area contributed by atoms with Crippen LogP contribution in [0.3, 0.4) is 0 Å². The molecule has 0 aromatic rings. The van der Waals surface area contributed by atoms with Crippen molar-refractivity contribution in [2.75, 3.05) is 13.1 Å². The van der Waals surface area contributed by atoms with Gasteiger partial charge < -0.3 is 0 Å². The molecule has 0 saturated heterocycles. The number of rotatable bonds is 3. The van der Waals surface area contributed by atoms with Crippen LogP contribution in [0.2, 0.25) is 0 Å².